The number of aromatic nitrogens is 1. The van der Waals surface area contributed by atoms with E-state index in [0.717, 1.165) is 27.9 Å². The van der Waals surface area contributed by atoms with Crippen LogP contribution in [0.4, 0.5) is 5.69 Å². The third kappa shape index (κ3) is 2.78. The molecule has 3 aromatic rings. The number of anilines is 1. The lowest BCUT2D eigenvalue weighted by Gasteiger charge is -2.13. The molecule has 0 radical (unpaired) electrons. The summed E-state index contributed by atoms with van der Waals surface area (Å²) in [6, 6.07) is 15.7. The van der Waals surface area contributed by atoms with Crippen molar-refractivity contribution in [3.8, 4) is 5.75 Å². The van der Waals surface area contributed by atoms with Crippen molar-refractivity contribution in [2.75, 3.05) is 12.4 Å². The first-order valence-electron chi connectivity index (χ1n) is 6.68. The van der Waals surface area contributed by atoms with E-state index in [1.165, 1.54) is 0 Å². The van der Waals surface area contributed by atoms with Gasteiger partial charge < -0.3 is 10.1 Å². The van der Waals surface area contributed by atoms with Gasteiger partial charge in [-0.2, -0.15) is 0 Å². The van der Waals surface area contributed by atoms with Gasteiger partial charge in [0, 0.05) is 34.4 Å². The van der Waals surface area contributed by atoms with Gasteiger partial charge in [-0.15, -0.1) is 0 Å². The summed E-state index contributed by atoms with van der Waals surface area (Å²) >= 11 is 6.26. The summed E-state index contributed by atoms with van der Waals surface area (Å²) in [6.45, 7) is 0.594. The second-order valence-electron chi connectivity index (χ2n) is 4.65. The molecule has 4 heteroatoms. The monoisotopic (exact) mass is 298 g/mol. The summed E-state index contributed by atoms with van der Waals surface area (Å²) < 4.78 is 5.37. The molecule has 0 fully saturated rings. The van der Waals surface area contributed by atoms with Crippen molar-refractivity contribution in [3.63, 3.8) is 0 Å². The highest BCUT2D eigenvalue weighted by molar-refractivity contribution is 6.31. The fourth-order valence-electron chi connectivity index (χ4n) is 2.34. The minimum absolute atomic E-state index is 0.594. The molecule has 0 atom stereocenters. The molecule has 0 saturated heterocycles. The normalized spacial score (nSPS) is 10.6. The van der Waals surface area contributed by atoms with E-state index in [4.69, 9.17) is 16.3 Å². The second kappa shape index (κ2) is 6.02. The number of methoxy groups -OCH3 is 1. The van der Waals surface area contributed by atoms with E-state index in [-0.39, 0.29) is 0 Å². The first-order chi connectivity index (χ1) is 10.3. The van der Waals surface area contributed by atoms with Gasteiger partial charge in [0.05, 0.1) is 12.6 Å². The third-order valence-corrected chi connectivity index (χ3v) is 3.75. The van der Waals surface area contributed by atoms with Crippen molar-refractivity contribution in [2.45, 2.75) is 6.54 Å². The zero-order chi connectivity index (χ0) is 14.7. The topological polar surface area (TPSA) is 34.1 Å². The molecule has 3 rings (SSSR count). The number of halogens is 1. The molecule has 21 heavy (non-hydrogen) atoms. The maximum absolute atomic E-state index is 6.26. The summed E-state index contributed by atoms with van der Waals surface area (Å²) in [6.07, 6.45) is 1.79. The van der Waals surface area contributed by atoms with Crippen LogP contribution in [0.1, 0.15) is 5.56 Å². The molecule has 1 heterocycles. The quantitative estimate of drug-likeness (QED) is 0.769. The van der Waals surface area contributed by atoms with Crippen LogP contribution in [0.3, 0.4) is 0 Å². The van der Waals surface area contributed by atoms with Crippen molar-refractivity contribution in [1.82, 2.24) is 4.98 Å². The summed E-state index contributed by atoms with van der Waals surface area (Å²) in [4.78, 5) is 4.36. The Balaban J connectivity index is 1.91. The zero-order valence-electron chi connectivity index (χ0n) is 11.6. The number of hydrogen-bond acceptors (Lipinski definition) is 3. The summed E-state index contributed by atoms with van der Waals surface area (Å²) in [5.41, 5.74) is 2.94. The van der Waals surface area contributed by atoms with Gasteiger partial charge in [0.25, 0.3) is 0 Å². The number of ether oxygens (including phenoxy) is 1. The average molecular weight is 299 g/mol. The van der Waals surface area contributed by atoms with Crippen molar-refractivity contribution in [2.24, 2.45) is 0 Å². The predicted molar refractivity (Wildman–Crippen MR) is 87.1 cm³/mol. The summed E-state index contributed by atoms with van der Waals surface area (Å²) in [5, 5.41) is 5.20. The van der Waals surface area contributed by atoms with Gasteiger partial charge in [-0.3, -0.25) is 4.98 Å². The number of fused-ring (bicyclic) bond motifs is 1. The Labute approximate surface area is 128 Å². The first-order valence-corrected chi connectivity index (χ1v) is 7.06. The molecule has 1 N–H and O–H groups in total. The maximum atomic E-state index is 6.26. The Morgan fingerprint density at radius 2 is 1.95 bits per heavy atom. The number of pyridine rings is 1. The standard InChI is InChI=1S/C17H15ClN2O/c1-21-17-9-2-6-14(18)13(17)11-20-16-8-3-7-15-12(16)5-4-10-19-15/h2-10,20H,11H2,1H3. The van der Waals surface area contributed by atoms with Gasteiger partial charge in [-0.05, 0) is 36.4 Å². The Morgan fingerprint density at radius 1 is 1.10 bits per heavy atom. The molecule has 0 saturated carbocycles. The number of nitrogens with zero attached hydrogens (tertiary/aromatic N) is 1. The highest BCUT2D eigenvalue weighted by Crippen LogP contribution is 2.28. The van der Waals surface area contributed by atoms with E-state index >= 15 is 0 Å². The Bertz CT molecular complexity index is 768. The van der Waals surface area contributed by atoms with Crippen LogP contribution in [-0.2, 0) is 6.54 Å². The molecule has 0 bridgehead atoms. The van der Waals surface area contributed by atoms with E-state index in [0.29, 0.717) is 11.6 Å². The lowest BCUT2D eigenvalue weighted by Crippen LogP contribution is -2.03. The SMILES string of the molecule is COc1cccc(Cl)c1CNc1cccc2ncccc12. The van der Waals surface area contributed by atoms with Gasteiger partial charge in [-0.25, -0.2) is 0 Å². The van der Waals surface area contributed by atoms with Crippen molar-refractivity contribution >= 4 is 28.2 Å². The van der Waals surface area contributed by atoms with Crippen LogP contribution in [0, 0.1) is 0 Å². The smallest absolute Gasteiger partial charge is 0.125 e. The van der Waals surface area contributed by atoms with Gasteiger partial charge in [0.1, 0.15) is 5.75 Å². The molecule has 106 valence electrons. The van der Waals surface area contributed by atoms with Crippen LogP contribution in [0.5, 0.6) is 5.75 Å². The van der Waals surface area contributed by atoms with Gasteiger partial charge >= 0.3 is 0 Å². The largest absolute Gasteiger partial charge is 0.496 e. The molecule has 0 amide bonds. The Kier molecular flexibility index (Phi) is 3.93. The average Bonchev–Trinajstić information content (AvgIpc) is 2.53. The van der Waals surface area contributed by atoms with Crippen LogP contribution in [0.15, 0.2) is 54.7 Å². The summed E-state index contributed by atoms with van der Waals surface area (Å²) in [7, 11) is 1.65. The van der Waals surface area contributed by atoms with E-state index in [2.05, 4.69) is 16.4 Å². The van der Waals surface area contributed by atoms with E-state index in [9.17, 15) is 0 Å². The van der Waals surface area contributed by atoms with Crippen LogP contribution in [0.2, 0.25) is 5.02 Å². The van der Waals surface area contributed by atoms with Crippen molar-refractivity contribution in [1.29, 1.82) is 0 Å². The number of benzene rings is 2. The molecular formula is C17H15ClN2O. The molecule has 1 aromatic heterocycles. The third-order valence-electron chi connectivity index (χ3n) is 3.40. The minimum atomic E-state index is 0.594. The lowest BCUT2D eigenvalue weighted by atomic mass is 10.1. The number of rotatable bonds is 4. The molecule has 2 aromatic carbocycles. The van der Waals surface area contributed by atoms with E-state index in [1.807, 2.05) is 42.5 Å². The van der Waals surface area contributed by atoms with Crippen LogP contribution >= 0.6 is 11.6 Å². The number of nitrogens with one attached hydrogen (secondary N) is 1. The van der Waals surface area contributed by atoms with Crippen LogP contribution < -0.4 is 10.1 Å². The highest BCUT2D eigenvalue weighted by Gasteiger charge is 2.08. The van der Waals surface area contributed by atoms with E-state index in [1.54, 1.807) is 13.3 Å². The maximum Gasteiger partial charge on any atom is 0.125 e. The van der Waals surface area contributed by atoms with E-state index < -0.39 is 0 Å². The highest BCUT2D eigenvalue weighted by atomic mass is 35.5. The molecule has 3 nitrogen and oxygen atoms in total. The molecule has 0 aliphatic heterocycles. The van der Waals surface area contributed by atoms with Gasteiger partial charge in [-0.1, -0.05) is 23.7 Å². The minimum Gasteiger partial charge on any atom is -0.496 e. The number of hydrogen-bond donors (Lipinski definition) is 1. The second-order valence-corrected chi connectivity index (χ2v) is 5.06. The van der Waals surface area contributed by atoms with Gasteiger partial charge in [0.2, 0.25) is 0 Å². The zero-order valence-corrected chi connectivity index (χ0v) is 12.4. The predicted octanol–water partition coefficient (Wildman–Crippen LogP) is 4.51. The van der Waals surface area contributed by atoms with Crippen molar-refractivity contribution in [3.05, 3.63) is 65.3 Å². The van der Waals surface area contributed by atoms with Gasteiger partial charge in [0.15, 0.2) is 0 Å². The fourth-order valence-corrected chi connectivity index (χ4v) is 2.58. The van der Waals surface area contributed by atoms with Crippen molar-refractivity contribution < 1.29 is 4.74 Å². The van der Waals surface area contributed by atoms with Crippen LogP contribution in [0.25, 0.3) is 10.9 Å². The Morgan fingerprint density at radius 3 is 2.81 bits per heavy atom. The summed E-state index contributed by atoms with van der Waals surface area (Å²) in [5.74, 6) is 0.786. The fraction of sp³-hybridized carbons (Fsp3) is 0.118. The molecular weight excluding hydrogens is 284 g/mol. The van der Waals surface area contributed by atoms with Crippen LogP contribution in [-0.4, -0.2) is 12.1 Å². The molecule has 0 unspecified atom stereocenters. The Hall–Kier alpha value is -2.26. The molecule has 0 spiro atoms. The first kappa shape index (κ1) is 13.7. The lowest BCUT2D eigenvalue weighted by molar-refractivity contribution is 0.410. The molecule has 0 aliphatic rings. The molecule has 0 aliphatic carbocycles.